The van der Waals surface area contributed by atoms with Gasteiger partial charge in [0.25, 0.3) is 0 Å². The number of likely N-dealkylation sites (tertiary alicyclic amines) is 2. The van der Waals surface area contributed by atoms with Crippen molar-refractivity contribution in [3.63, 3.8) is 0 Å². The Labute approximate surface area is 136 Å². The lowest BCUT2D eigenvalue weighted by molar-refractivity contribution is 0.124. The summed E-state index contributed by atoms with van der Waals surface area (Å²) in [6.07, 6.45) is 6.60. The maximum Gasteiger partial charge on any atom is 0.0112 e. The van der Waals surface area contributed by atoms with Crippen molar-refractivity contribution in [2.24, 2.45) is 5.73 Å². The lowest BCUT2D eigenvalue weighted by Crippen LogP contribution is -2.46. The predicted octanol–water partition coefficient (Wildman–Crippen LogP) is 2.55. The van der Waals surface area contributed by atoms with E-state index in [1.165, 1.54) is 64.8 Å². The molecule has 2 aliphatic heterocycles. The molecule has 1 atom stereocenters. The fourth-order valence-electron chi connectivity index (χ4n) is 2.94. The second-order valence-corrected chi connectivity index (χ2v) is 5.56. The van der Waals surface area contributed by atoms with Crippen LogP contribution in [-0.2, 0) is 0 Å². The summed E-state index contributed by atoms with van der Waals surface area (Å²) in [6, 6.07) is 1.27. The zero-order chi connectivity index (χ0) is 11.4. The van der Waals surface area contributed by atoms with Crippen molar-refractivity contribution in [1.29, 1.82) is 0 Å². The number of nitrogens with two attached hydrogens (primary N) is 1. The van der Waals surface area contributed by atoms with Crippen molar-refractivity contribution in [2.75, 3.05) is 32.7 Å². The maximum absolute atomic E-state index is 5.92. The summed E-state index contributed by atoms with van der Waals surface area (Å²) in [4.78, 5) is 5.25. The largest absolute Gasteiger partial charge is 0.328 e. The summed E-state index contributed by atoms with van der Waals surface area (Å²) in [5.41, 5.74) is 5.92. The zero-order valence-corrected chi connectivity index (χ0v) is 14.4. The molecule has 3 nitrogen and oxygen atoms in total. The van der Waals surface area contributed by atoms with E-state index in [0.29, 0.717) is 6.04 Å². The first-order chi connectivity index (χ1) is 7.75. The van der Waals surface area contributed by atoms with E-state index >= 15 is 0 Å². The first kappa shape index (κ1) is 22.0. The number of nitrogens with zero attached hydrogens (tertiary/aromatic N) is 2. The monoisotopic (exact) mass is 333 g/mol. The predicted molar refractivity (Wildman–Crippen MR) is 90.3 cm³/mol. The number of hydrogen-bond acceptors (Lipinski definition) is 3. The molecule has 0 spiro atoms. The van der Waals surface area contributed by atoms with Crippen LogP contribution in [0.2, 0.25) is 0 Å². The Morgan fingerprint density at radius 2 is 1.53 bits per heavy atom. The van der Waals surface area contributed by atoms with E-state index in [-0.39, 0.29) is 37.2 Å². The van der Waals surface area contributed by atoms with Gasteiger partial charge in [-0.3, -0.25) is 4.90 Å². The molecule has 19 heavy (non-hydrogen) atoms. The molecule has 0 saturated carbocycles. The highest BCUT2D eigenvalue weighted by Crippen LogP contribution is 2.16. The van der Waals surface area contributed by atoms with Gasteiger partial charge in [0, 0.05) is 25.2 Å². The second-order valence-electron chi connectivity index (χ2n) is 5.56. The van der Waals surface area contributed by atoms with Crippen LogP contribution in [0.4, 0.5) is 0 Å². The van der Waals surface area contributed by atoms with E-state index in [0.717, 1.165) is 6.04 Å². The second kappa shape index (κ2) is 11.4. The SMILES string of the molecule is C[C@H]1CCCCN1CCN1CCC(N)CC1.Cl.Cl.Cl. The summed E-state index contributed by atoms with van der Waals surface area (Å²) < 4.78 is 0. The van der Waals surface area contributed by atoms with Crippen LogP contribution in [-0.4, -0.2) is 54.6 Å². The van der Waals surface area contributed by atoms with Crippen LogP contribution in [0, 0.1) is 0 Å². The standard InChI is InChI=1S/C13H27N3.3ClH/c1-12-4-2-3-7-16(12)11-10-15-8-5-13(14)6-9-15;;;/h12-13H,2-11,14H2,1H3;3*1H/t12-;;;/m0.../s1. The van der Waals surface area contributed by atoms with E-state index in [9.17, 15) is 0 Å². The highest BCUT2D eigenvalue weighted by molar-refractivity contribution is 5.86. The van der Waals surface area contributed by atoms with Crippen LogP contribution in [0.1, 0.15) is 39.0 Å². The van der Waals surface area contributed by atoms with E-state index in [1.807, 2.05) is 0 Å². The van der Waals surface area contributed by atoms with Crippen molar-refractivity contribution in [3.8, 4) is 0 Å². The van der Waals surface area contributed by atoms with Crippen LogP contribution >= 0.6 is 37.2 Å². The molecule has 2 fully saturated rings. The summed E-state index contributed by atoms with van der Waals surface area (Å²) in [5, 5.41) is 0. The Morgan fingerprint density at radius 1 is 0.895 bits per heavy atom. The fraction of sp³-hybridized carbons (Fsp3) is 1.00. The number of halogens is 3. The van der Waals surface area contributed by atoms with Gasteiger partial charge in [0.2, 0.25) is 0 Å². The van der Waals surface area contributed by atoms with Crippen LogP contribution in [0.3, 0.4) is 0 Å². The molecule has 0 radical (unpaired) electrons. The minimum absolute atomic E-state index is 0. The zero-order valence-electron chi connectivity index (χ0n) is 11.9. The van der Waals surface area contributed by atoms with Gasteiger partial charge in [-0.2, -0.15) is 0 Å². The number of rotatable bonds is 3. The molecule has 0 aromatic rings. The third-order valence-electron chi connectivity index (χ3n) is 4.28. The first-order valence-corrected chi connectivity index (χ1v) is 6.97. The molecule has 2 saturated heterocycles. The minimum Gasteiger partial charge on any atom is -0.328 e. The van der Waals surface area contributed by atoms with E-state index in [2.05, 4.69) is 16.7 Å². The summed E-state index contributed by atoms with van der Waals surface area (Å²) in [5.74, 6) is 0. The fourth-order valence-corrected chi connectivity index (χ4v) is 2.94. The number of piperidine rings is 2. The van der Waals surface area contributed by atoms with Crippen LogP contribution in [0.25, 0.3) is 0 Å². The van der Waals surface area contributed by atoms with Crippen LogP contribution < -0.4 is 5.73 Å². The highest BCUT2D eigenvalue weighted by atomic mass is 35.5. The molecular formula is C13H30Cl3N3. The Kier molecular flexibility index (Phi) is 13.2. The third kappa shape index (κ3) is 7.35. The molecule has 0 unspecified atom stereocenters. The lowest BCUT2D eigenvalue weighted by Gasteiger charge is -2.36. The Balaban J connectivity index is 0. The minimum atomic E-state index is 0. The average molecular weight is 335 g/mol. The van der Waals surface area contributed by atoms with Crippen molar-refractivity contribution < 1.29 is 0 Å². The Hall–Kier alpha value is 0.750. The van der Waals surface area contributed by atoms with Gasteiger partial charge in [-0.1, -0.05) is 6.42 Å². The first-order valence-electron chi connectivity index (χ1n) is 6.97. The third-order valence-corrected chi connectivity index (χ3v) is 4.28. The van der Waals surface area contributed by atoms with Gasteiger partial charge in [-0.25, -0.2) is 0 Å². The van der Waals surface area contributed by atoms with E-state index in [1.54, 1.807) is 0 Å². The Morgan fingerprint density at radius 3 is 2.11 bits per heavy atom. The summed E-state index contributed by atoms with van der Waals surface area (Å²) in [7, 11) is 0. The molecule has 2 rings (SSSR count). The molecule has 0 aromatic carbocycles. The highest BCUT2D eigenvalue weighted by Gasteiger charge is 2.20. The molecular weight excluding hydrogens is 305 g/mol. The molecule has 0 amide bonds. The number of hydrogen-bond donors (Lipinski definition) is 1. The summed E-state index contributed by atoms with van der Waals surface area (Å²) >= 11 is 0. The molecule has 0 aliphatic carbocycles. The van der Waals surface area contributed by atoms with Gasteiger partial charge in [0.1, 0.15) is 0 Å². The van der Waals surface area contributed by atoms with Crippen molar-refractivity contribution >= 4 is 37.2 Å². The molecule has 0 aromatic heterocycles. The molecule has 2 aliphatic rings. The van der Waals surface area contributed by atoms with Gasteiger partial charge in [0.05, 0.1) is 0 Å². The molecule has 2 N–H and O–H groups in total. The summed E-state index contributed by atoms with van der Waals surface area (Å²) in [6.45, 7) is 8.63. The topological polar surface area (TPSA) is 32.5 Å². The van der Waals surface area contributed by atoms with Crippen molar-refractivity contribution in [1.82, 2.24) is 9.80 Å². The van der Waals surface area contributed by atoms with E-state index < -0.39 is 0 Å². The molecule has 118 valence electrons. The quantitative estimate of drug-likeness (QED) is 0.861. The maximum atomic E-state index is 5.92. The van der Waals surface area contributed by atoms with Gasteiger partial charge in [0.15, 0.2) is 0 Å². The van der Waals surface area contributed by atoms with Crippen LogP contribution in [0.15, 0.2) is 0 Å². The van der Waals surface area contributed by atoms with Crippen molar-refractivity contribution in [3.05, 3.63) is 0 Å². The van der Waals surface area contributed by atoms with Gasteiger partial charge < -0.3 is 10.6 Å². The van der Waals surface area contributed by atoms with Gasteiger partial charge in [-0.15, -0.1) is 37.2 Å². The molecule has 6 heteroatoms. The smallest absolute Gasteiger partial charge is 0.0112 e. The molecule has 0 bridgehead atoms. The average Bonchev–Trinajstić information content (AvgIpc) is 2.30. The normalized spacial score (nSPS) is 25.9. The Bertz CT molecular complexity index is 211. The van der Waals surface area contributed by atoms with E-state index in [4.69, 9.17) is 5.73 Å². The van der Waals surface area contributed by atoms with Crippen molar-refractivity contribution in [2.45, 2.75) is 51.1 Å². The van der Waals surface area contributed by atoms with Gasteiger partial charge >= 0.3 is 0 Å². The van der Waals surface area contributed by atoms with Gasteiger partial charge in [-0.05, 0) is 52.2 Å². The lowest BCUT2D eigenvalue weighted by atomic mass is 10.0. The molecule has 2 heterocycles. The van der Waals surface area contributed by atoms with Crippen LogP contribution in [0.5, 0.6) is 0 Å².